The number of aliphatic carboxylic acids is 1. The topological polar surface area (TPSA) is 120 Å². The first-order chi connectivity index (χ1) is 15.8. The van der Waals surface area contributed by atoms with Gasteiger partial charge in [-0.15, -0.1) is 0 Å². The van der Waals surface area contributed by atoms with E-state index in [1.165, 1.54) is 12.1 Å². The number of hydrogen-bond donors (Lipinski definition) is 2. The molecular weight excluding hydrogens is 429 g/mol. The molecule has 0 bridgehead atoms. The summed E-state index contributed by atoms with van der Waals surface area (Å²) in [5.41, 5.74) is 0.317. The number of ether oxygens (including phenoxy) is 1. The molecule has 2 aromatic rings. The van der Waals surface area contributed by atoms with Crippen molar-refractivity contribution in [3.63, 3.8) is 0 Å². The van der Waals surface area contributed by atoms with Crippen molar-refractivity contribution < 1.29 is 28.6 Å². The van der Waals surface area contributed by atoms with E-state index in [2.05, 4.69) is 5.32 Å². The standard InChI is InChI=1S/C24H24FN3O5/c25-19-7-3-17(4-8-19)15-21(29)27-20-9-5-18(6-10-20)16-33-23(32)28-14-2-1-11-24(28,12-13-26)22(30)31/h3-10H,1-2,11-12,14-16H2,(H,27,29)(H,30,31)/t24-/m0/s1. The number of halogens is 1. The highest BCUT2D eigenvalue weighted by atomic mass is 19.1. The van der Waals surface area contributed by atoms with E-state index in [1.54, 1.807) is 36.4 Å². The number of hydrogen-bond acceptors (Lipinski definition) is 5. The van der Waals surface area contributed by atoms with Gasteiger partial charge in [-0.05, 0) is 54.7 Å². The quantitative estimate of drug-likeness (QED) is 0.657. The average Bonchev–Trinajstić information content (AvgIpc) is 2.80. The van der Waals surface area contributed by atoms with Gasteiger partial charge >= 0.3 is 12.1 Å². The summed E-state index contributed by atoms with van der Waals surface area (Å²) < 4.78 is 18.3. The summed E-state index contributed by atoms with van der Waals surface area (Å²) in [6.07, 6.45) is 0.488. The van der Waals surface area contributed by atoms with E-state index in [4.69, 9.17) is 10.00 Å². The zero-order valence-electron chi connectivity index (χ0n) is 17.9. The first kappa shape index (κ1) is 23.7. The van der Waals surface area contributed by atoms with Crippen molar-refractivity contribution in [2.75, 3.05) is 11.9 Å². The van der Waals surface area contributed by atoms with Gasteiger partial charge in [0.1, 0.15) is 12.4 Å². The molecule has 1 saturated heterocycles. The summed E-state index contributed by atoms with van der Waals surface area (Å²) in [6, 6.07) is 14.2. The van der Waals surface area contributed by atoms with Gasteiger partial charge in [0.2, 0.25) is 5.91 Å². The number of benzene rings is 2. The highest BCUT2D eigenvalue weighted by molar-refractivity contribution is 5.92. The molecule has 0 aliphatic carbocycles. The number of nitrogens with one attached hydrogen (secondary N) is 1. The van der Waals surface area contributed by atoms with Gasteiger partial charge in [0.15, 0.2) is 5.54 Å². The highest BCUT2D eigenvalue weighted by Crippen LogP contribution is 2.32. The Morgan fingerprint density at radius 2 is 1.76 bits per heavy atom. The number of carbonyl (C=O) groups excluding carboxylic acids is 2. The van der Waals surface area contributed by atoms with Crippen LogP contribution in [0.4, 0.5) is 14.9 Å². The Hall–Kier alpha value is -3.93. The normalized spacial score (nSPS) is 17.6. The zero-order chi connectivity index (χ0) is 23.8. The molecule has 1 atom stereocenters. The lowest BCUT2D eigenvalue weighted by Crippen LogP contribution is -2.59. The maximum absolute atomic E-state index is 13.0. The molecule has 33 heavy (non-hydrogen) atoms. The van der Waals surface area contributed by atoms with Crippen molar-refractivity contribution in [2.24, 2.45) is 0 Å². The molecule has 8 nitrogen and oxygen atoms in total. The third-order valence-electron chi connectivity index (χ3n) is 5.61. The molecule has 1 aliphatic heterocycles. The Kier molecular flexibility index (Phi) is 7.61. The number of nitrogens with zero attached hydrogens (tertiary/aromatic N) is 2. The smallest absolute Gasteiger partial charge is 0.411 e. The van der Waals surface area contributed by atoms with Crippen molar-refractivity contribution in [3.8, 4) is 6.07 Å². The van der Waals surface area contributed by atoms with E-state index in [0.29, 0.717) is 29.7 Å². The SMILES string of the molecule is N#CC[C@]1(C(=O)O)CCCCN1C(=O)OCc1ccc(NC(=O)Cc2ccc(F)cc2)cc1. The molecule has 0 saturated carbocycles. The van der Waals surface area contributed by atoms with Crippen LogP contribution in [0.3, 0.4) is 0 Å². The molecule has 172 valence electrons. The molecule has 2 N–H and O–H groups in total. The molecule has 0 aromatic heterocycles. The fraction of sp³-hybridized carbons (Fsp3) is 0.333. The molecular formula is C24H24FN3O5. The summed E-state index contributed by atoms with van der Waals surface area (Å²) >= 11 is 0. The van der Waals surface area contributed by atoms with Crippen LogP contribution in [0.25, 0.3) is 0 Å². The molecule has 9 heteroatoms. The molecule has 2 amide bonds. The minimum absolute atomic E-state index is 0.0820. The minimum Gasteiger partial charge on any atom is -0.479 e. The number of rotatable bonds is 7. The van der Waals surface area contributed by atoms with Gasteiger partial charge in [0.25, 0.3) is 0 Å². The van der Waals surface area contributed by atoms with Crippen molar-refractivity contribution in [2.45, 2.75) is 44.2 Å². The van der Waals surface area contributed by atoms with E-state index < -0.39 is 17.6 Å². The number of nitriles is 1. The van der Waals surface area contributed by atoms with Gasteiger partial charge < -0.3 is 15.2 Å². The fourth-order valence-corrected chi connectivity index (χ4v) is 3.82. The number of likely N-dealkylation sites (tertiary alicyclic amines) is 1. The van der Waals surface area contributed by atoms with Gasteiger partial charge in [0, 0.05) is 12.2 Å². The van der Waals surface area contributed by atoms with Gasteiger partial charge in [-0.2, -0.15) is 5.26 Å². The first-order valence-corrected chi connectivity index (χ1v) is 10.5. The van der Waals surface area contributed by atoms with Crippen LogP contribution in [0.1, 0.15) is 36.8 Å². The summed E-state index contributed by atoms with van der Waals surface area (Å²) in [4.78, 5) is 37.8. The van der Waals surface area contributed by atoms with Crippen molar-refractivity contribution in [3.05, 3.63) is 65.5 Å². The first-order valence-electron chi connectivity index (χ1n) is 10.5. The number of carboxylic acid groups (broad SMARTS) is 1. The monoisotopic (exact) mass is 453 g/mol. The molecule has 0 radical (unpaired) electrons. The summed E-state index contributed by atoms with van der Waals surface area (Å²) in [5, 5.41) is 21.5. The maximum Gasteiger partial charge on any atom is 0.411 e. The second-order valence-electron chi connectivity index (χ2n) is 7.88. The molecule has 0 spiro atoms. The highest BCUT2D eigenvalue weighted by Gasteiger charge is 2.48. The molecule has 3 rings (SSSR count). The lowest BCUT2D eigenvalue weighted by Gasteiger charge is -2.41. The predicted molar refractivity (Wildman–Crippen MR) is 117 cm³/mol. The molecule has 0 unspecified atom stereocenters. The predicted octanol–water partition coefficient (Wildman–Crippen LogP) is 3.87. The van der Waals surface area contributed by atoms with Crippen molar-refractivity contribution in [1.29, 1.82) is 5.26 Å². The van der Waals surface area contributed by atoms with E-state index in [9.17, 15) is 23.9 Å². The Bertz CT molecular complexity index is 1050. The Balaban J connectivity index is 1.55. The molecule has 1 fully saturated rings. The van der Waals surface area contributed by atoms with Crippen LogP contribution in [0.5, 0.6) is 0 Å². The minimum atomic E-state index is -1.57. The van der Waals surface area contributed by atoms with E-state index >= 15 is 0 Å². The van der Waals surface area contributed by atoms with Crippen LogP contribution in [-0.4, -0.2) is 40.1 Å². The lowest BCUT2D eigenvalue weighted by molar-refractivity contribution is -0.152. The van der Waals surface area contributed by atoms with Crippen LogP contribution >= 0.6 is 0 Å². The van der Waals surface area contributed by atoms with Crippen LogP contribution in [0, 0.1) is 17.1 Å². The van der Waals surface area contributed by atoms with Crippen LogP contribution in [0.2, 0.25) is 0 Å². The second kappa shape index (κ2) is 10.6. The number of amides is 2. The number of carbonyl (C=O) groups is 3. The lowest BCUT2D eigenvalue weighted by atomic mass is 9.84. The van der Waals surface area contributed by atoms with Crippen LogP contribution in [-0.2, 0) is 27.4 Å². The number of carboxylic acids is 1. The van der Waals surface area contributed by atoms with Crippen molar-refractivity contribution in [1.82, 2.24) is 4.90 Å². The number of piperidine rings is 1. The Morgan fingerprint density at radius 3 is 2.39 bits per heavy atom. The Labute approximate surface area is 190 Å². The van der Waals surface area contributed by atoms with Gasteiger partial charge in [0.05, 0.1) is 18.9 Å². The van der Waals surface area contributed by atoms with Gasteiger partial charge in [-0.25, -0.2) is 14.0 Å². The largest absolute Gasteiger partial charge is 0.479 e. The number of anilines is 1. The fourth-order valence-electron chi connectivity index (χ4n) is 3.82. The van der Waals surface area contributed by atoms with Gasteiger partial charge in [-0.1, -0.05) is 24.3 Å². The van der Waals surface area contributed by atoms with Gasteiger partial charge in [-0.3, -0.25) is 9.69 Å². The Morgan fingerprint density at radius 1 is 1.09 bits per heavy atom. The average molecular weight is 453 g/mol. The molecule has 1 heterocycles. The van der Waals surface area contributed by atoms with Crippen LogP contribution < -0.4 is 5.32 Å². The zero-order valence-corrected chi connectivity index (χ0v) is 17.9. The maximum atomic E-state index is 13.0. The van der Waals surface area contributed by atoms with Crippen molar-refractivity contribution >= 4 is 23.7 Å². The third-order valence-corrected chi connectivity index (χ3v) is 5.61. The van der Waals surface area contributed by atoms with E-state index in [-0.39, 0.29) is 44.1 Å². The molecule has 2 aromatic carbocycles. The van der Waals surface area contributed by atoms with Crippen LogP contribution in [0.15, 0.2) is 48.5 Å². The van der Waals surface area contributed by atoms with E-state index in [1.807, 2.05) is 6.07 Å². The second-order valence-corrected chi connectivity index (χ2v) is 7.88. The third kappa shape index (κ3) is 5.86. The molecule has 1 aliphatic rings. The van der Waals surface area contributed by atoms with E-state index in [0.717, 1.165) is 4.90 Å². The summed E-state index contributed by atoms with van der Waals surface area (Å²) in [6.45, 7) is 0.132. The summed E-state index contributed by atoms with van der Waals surface area (Å²) in [7, 11) is 0. The summed E-state index contributed by atoms with van der Waals surface area (Å²) in [5.74, 6) is -1.83.